The molecule has 5 nitrogen and oxygen atoms in total. The fourth-order valence-electron chi connectivity index (χ4n) is 2.54. The molecule has 132 valence electrons. The molecule has 2 rings (SSSR count). The number of benzene rings is 2. The molecule has 2 amide bonds. The number of hydrogen-bond acceptors (Lipinski definition) is 3. The number of rotatable bonds is 7. The van der Waals surface area contributed by atoms with E-state index in [2.05, 4.69) is 5.32 Å². The van der Waals surface area contributed by atoms with Crippen molar-refractivity contribution in [3.8, 4) is 0 Å². The van der Waals surface area contributed by atoms with Gasteiger partial charge in [-0.05, 0) is 62.2 Å². The van der Waals surface area contributed by atoms with Crippen molar-refractivity contribution >= 4 is 17.5 Å². The molecule has 2 aromatic rings. The predicted molar refractivity (Wildman–Crippen MR) is 98.9 cm³/mol. The van der Waals surface area contributed by atoms with Crippen LogP contribution >= 0.6 is 0 Å². The number of nitrogens with one attached hydrogen (secondary N) is 1. The Bertz CT molecular complexity index is 705. The molecular weight excluding hydrogens is 316 g/mol. The third-order valence-electron chi connectivity index (χ3n) is 4.06. The third-order valence-corrected chi connectivity index (χ3v) is 4.06. The standard InChI is InChI=1S/C20H24N2O3/c1-3-22(4-2)20(25)17-9-7-16(8-10-17)19(24)21-18-11-5-15(6-12-18)13-14-23/h5-12,23H,3-4,13-14H2,1-2H3,(H,21,24). The minimum absolute atomic E-state index is 0.0311. The summed E-state index contributed by atoms with van der Waals surface area (Å²) in [6.45, 7) is 5.29. The fourth-order valence-corrected chi connectivity index (χ4v) is 2.54. The summed E-state index contributed by atoms with van der Waals surface area (Å²) in [4.78, 5) is 26.3. The predicted octanol–water partition coefficient (Wildman–Crippen LogP) is 2.96. The normalized spacial score (nSPS) is 10.4. The summed E-state index contributed by atoms with van der Waals surface area (Å²) >= 11 is 0. The van der Waals surface area contributed by atoms with Crippen molar-refractivity contribution in [3.05, 3.63) is 65.2 Å². The first-order valence-corrected chi connectivity index (χ1v) is 8.49. The zero-order valence-electron chi connectivity index (χ0n) is 14.7. The summed E-state index contributed by atoms with van der Waals surface area (Å²) in [6.07, 6.45) is 0.594. The maximum Gasteiger partial charge on any atom is 0.255 e. The van der Waals surface area contributed by atoms with Gasteiger partial charge in [0.2, 0.25) is 0 Å². The molecule has 0 aliphatic carbocycles. The van der Waals surface area contributed by atoms with Gasteiger partial charge >= 0.3 is 0 Å². The van der Waals surface area contributed by atoms with E-state index in [4.69, 9.17) is 5.11 Å². The van der Waals surface area contributed by atoms with Gasteiger partial charge in [-0.25, -0.2) is 0 Å². The minimum Gasteiger partial charge on any atom is -0.396 e. The molecular formula is C20H24N2O3. The maximum absolute atomic E-state index is 12.3. The average molecular weight is 340 g/mol. The Morgan fingerprint density at radius 1 is 0.920 bits per heavy atom. The smallest absolute Gasteiger partial charge is 0.255 e. The fraction of sp³-hybridized carbons (Fsp3) is 0.300. The van der Waals surface area contributed by atoms with E-state index in [0.717, 1.165) is 5.56 Å². The highest BCUT2D eigenvalue weighted by atomic mass is 16.3. The molecule has 0 heterocycles. The molecule has 0 spiro atoms. The van der Waals surface area contributed by atoms with Gasteiger partial charge < -0.3 is 15.3 Å². The quantitative estimate of drug-likeness (QED) is 0.814. The van der Waals surface area contributed by atoms with E-state index in [1.54, 1.807) is 41.3 Å². The number of hydrogen-bond donors (Lipinski definition) is 2. The molecule has 0 aliphatic heterocycles. The van der Waals surface area contributed by atoms with Crippen LogP contribution in [-0.2, 0) is 6.42 Å². The lowest BCUT2D eigenvalue weighted by Crippen LogP contribution is -2.30. The second-order valence-corrected chi connectivity index (χ2v) is 5.68. The summed E-state index contributed by atoms with van der Waals surface area (Å²) in [5, 5.41) is 11.7. The molecule has 2 aromatic carbocycles. The highest BCUT2D eigenvalue weighted by Gasteiger charge is 2.13. The number of nitrogens with zero attached hydrogens (tertiary/aromatic N) is 1. The van der Waals surface area contributed by atoms with Crippen LogP contribution in [-0.4, -0.2) is 41.5 Å². The topological polar surface area (TPSA) is 69.6 Å². The van der Waals surface area contributed by atoms with Crippen LogP contribution in [0, 0.1) is 0 Å². The molecule has 0 bridgehead atoms. The average Bonchev–Trinajstić information content (AvgIpc) is 2.64. The molecule has 0 fully saturated rings. The second kappa shape index (κ2) is 8.99. The van der Waals surface area contributed by atoms with Crippen LogP contribution in [0.4, 0.5) is 5.69 Å². The van der Waals surface area contributed by atoms with Gasteiger partial charge in [0.1, 0.15) is 0 Å². The number of carbonyl (C=O) groups excluding carboxylic acids is 2. The zero-order valence-corrected chi connectivity index (χ0v) is 14.7. The van der Waals surface area contributed by atoms with Crippen LogP contribution in [0.25, 0.3) is 0 Å². The molecule has 0 radical (unpaired) electrons. The van der Waals surface area contributed by atoms with Crippen LogP contribution in [0.1, 0.15) is 40.1 Å². The van der Waals surface area contributed by atoms with E-state index in [1.165, 1.54) is 0 Å². The Labute approximate surface area is 148 Å². The lowest BCUT2D eigenvalue weighted by Gasteiger charge is -2.18. The van der Waals surface area contributed by atoms with Crippen molar-refractivity contribution in [3.63, 3.8) is 0 Å². The second-order valence-electron chi connectivity index (χ2n) is 5.68. The first kappa shape index (κ1) is 18.7. The highest BCUT2D eigenvalue weighted by Crippen LogP contribution is 2.13. The molecule has 0 saturated heterocycles. The Morgan fingerprint density at radius 2 is 1.48 bits per heavy atom. The molecule has 0 aromatic heterocycles. The van der Waals surface area contributed by atoms with Crippen LogP contribution < -0.4 is 5.32 Å². The van der Waals surface area contributed by atoms with Crippen LogP contribution in [0.5, 0.6) is 0 Å². The highest BCUT2D eigenvalue weighted by molar-refractivity contribution is 6.05. The van der Waals surface area contributed by atoms with Crippen molar-refractivity contribution in [1.82, 2.24) is 4.90 Å². The summed E-state index contributed by atoms with van der Waals surface area (Å²) < 4.78 is 0. The monoisotopic (exact) mass is 340 g/mol. The van der Waals surface area contributed by atoms with Crippen LogP contribution in [0.3, 0.4) is 0 Å². The van der Waals surface area contributed by atoms with Crippen molar-refractivity contribution in [2.24, 2.45) is 0 Å². The van der Waals surface area contributed by atoms with E-state index in [-0.39, 0.29) is 18.4 Å². The molecule has 0 saturated carbocycles. The van der Waals surface area contributed by atoms with Gasteiger partial charge in [0.15, 0.2) is 0 Å². The number of aliphatic hydroxyl groups excluding tert-OH is 1. The number of anilines is 1. The van der Waals surface area contributed by atoms with Gasteiger partial charge in [-0.15, -0.1) is 0 Å². The minimum atomic E-state index is -0.225. The molecule has 25 heavy (non-hydrogen) atoms. The molecule has 0 unspecified atom stereocenters. The Morgan fingerprint density at radius 3 is 2.00 bits per heavy atom. The Kier molecular flexibility index (Phi) is 6.71. The van der Waals surface area contributed by atoms with Crippen molar-refractivity contribution < 1.29 is 14.7 Å². The molecule has 5 heteroatoms. The first-order chi connectivity index (χ1) is 12.1. The van der Waals surface area contributed by atoms with E-state index in [0.29, 0.717) is 36.3 Å². The maximum atomic E-state index is 12.3. The summed E-state index contributed by atoms with van der Waals surface area (Å²) in [5.74, 6) is -0.256. The van der Waals surface area contributed by atoms with E-state index >= 15 is 0 Å². The molecule has 0 aliphatic rings. The summed E-state index contributed by atoms with van der Waals surface area (Å²) in [6, 6.07) is 14.0. The van der Waals surface area contributed by atoms with E-state index in [9.17, 15) is 9.59 Å². The number of aliphatic hydroxyl groups is 1. The van der Waals surface area contributed by atoms with E-state index in [1.807, 2.05) is 26.0 Å². The van der Waals surface area contributed by atoms with Gasteiger partial charge in [-0.2, -0.15) is 0 Å². The number of amides is 2. The van der Waals surface area contributed by atoms with E-state index < -0.39 is 0 Å². The van der Waals surface area contributed by atoms with Crippen LogP contribution in [0.2, 0.25) is 0 Å². The van der Waals surface area contributed by atoms with Gasteiger partial charge in [-0.1, -0.05) is 12.1 Å². The van der Waals surface area contributed by atoms with Gasteiger partial charge in [0.25, 0.3) is 11.8 Å². The van der Waals surface area contributed by atoms with Crippen LogP contribution in [0.15, 0.2) is 48.5 Å². The first-order valence-electron chi connectivity index (χ1n) is 8.49. The number of carbonyl (C=O) groups is 2. The molecule has 0 atom stereocenters. The van der Waals surface area contributed by atoms with Gasteiger partial charge in [0, 0.05) is 36.5 Å². The van der Waals surface area contributed by atoms with Gasteiger partial charge in [0.05, 0.1) is 0 Å². The lowest BCUT2D eigenvalue weighted by atomic mass is 10.1. The van der Waals surface area contributed by atoms with Crippen molar-refractivity contribution in [2.45, 2.75) is 20.3 Å². The summed E-state index contributed by atoms with van der Waals surface area (Å²) in [7, 11) is 0. The Balaban J connectivity index is 2.03. The summed E-state index contributed by atoms with van der Waals surface area (Å²) in [5.41, 5.74) is 2.78. The van der Waals surface area contributed by atoms with Crippen molar-refractivity contribution in [2.75, 3.05) is 25.0 Å². The SMILES string of the molecule is CCN(CC)C(=O)c1ccc(C(=O)Nc2ccc(CCO)cc2)cc1. The molecule has 2 N–H and O–H groups in total. The Hall–Kier alpha value is -2.66. The van der Waals surface area contributed by atoms with Crippen molar-refractivity contribution in [1.29, 1.82) is 0 Å². The van der Waals surface area contributed by atoms with Gasteiger partial charge in [-0.3, -0.25) is 9.59 Å². The lowest BCUT2D eigenvalue weighted by molar-refractivity contribution is 0.0772. The zero-order chi connectivity index (χ0) is 18.2. The largest absolute Gasteiger partial charge is 0.396 e. The third kappa shape index (κ3) is 4.90.